The molecule has 196 valence electrons. The number of rotatable bonds is 5. The Labute approximate surface area is 208 Å². The van der Waals surface area contributed by atoms with E-state index in [4.69, 9.17) is 5.11 Å². The lowest BCUT2D eigenvalue weighted by Crippen LogP contribution is -2.35. The minimum atomic E-state index is -0.674. The summed E-state index contributed by atoms with van der Waals surface area (Å²) in [4.78, 5) is 0. The number of aliphatic hydroxyl groups is 4. The first-order valence-electron chi connectivity index (χ1n) is 13.6. The van der Waals surface area contributed by atoms with E-state index in [0.717, 1.165) is 0 Å². The quantitative estimate of drug-likeness (QED) is 0.370. The van der Waals surface area contributed by atoms with Gasteiger partial charge in [0.25, 0.3) is 0 Å². The molecule has 34 heavy (non-hydrogen) atoms. The summed E-state index contributed by atoms with van der Waals surface area (Å²) in [5.74, 6) is 2.00. The van der Waals surface area contributed by atoms with Crippen molar-refractivity contribution in [2.45, 2.75) is 124 Å². The summed E-state index contributed by atoms with van der Waals surface area (Å²) in [6.07, 6.45) is 16.3. The minimum Gasteiger partial charge on any atom is -0.394 e. The Kier molecular flexibility index (Phi) is 10.6. The van der Waals surface area contributed by atoms with Crippen LogP contribution in [0.4, 0.5) is 0 Å². The Hall–Kier alpha value is -0.940. The van der Waals surface area contributed by atoms with Crippen LogP contribution in [0.1, 0.15) is 99.8 Å². The van der Waals surface area contributed by atoms with E-state index in [1.165, 1.54) is 37.7 Å². The molecule has 0 aromatic rings. The topological polar surface area (TPSA) is 80.9 Å². The average Bonchev–Trinajstić information content (AvgIpc) is 3.06. The average molecular weight is 477 g/mol. The van der Waals surface area contributed by atoms with Crippen molar-refractivity contribution in [3.8, 4) is 0 Å². The zero-order valence-electron chi connectivity index (χ0n) is 22.8. The third-order valence-corrected chi connectivity index (χ3v) is 8.56. The molecular weight excluding hydrogens is 424 g/mol. The second-order valence-corrected chi connectivity index (χ2v) is 12.4. The first-order chi connectivity index (χ1) is 15.7. The highest BCUT2D eigenvalue weighted by atomic mass is 16.3. The van der Waals surface area contributed by atoms with Crippen molar-refractivity contribution in [3.63, 3.8) is 0 Å². The maximum Gasteiger partial charge on any atom is 0.0651 e. The maximum atomic E-state index is 10.2. The van der Waals surface area contributed by atoms with Crippen molar-refractivity contribution in [2.75, 3.05) is 0 Å². The van der Waals surface area contributed by atoms with Gasteiger partial charge in [-0.1, -0.05) is 56.2 Å². The molecule has 0 saturated heterocycles. The van der Waals surface area contributed by atoms with Crippen molar-refractivity contribution in [1.29, 1.82) is 0 Å². The van der Waals surface area contributed by atoms with Gasteiger partial charge in [0.15, 0.2) is 0 Å². The number of hydrogen-bond acceptors (Lipinski definition) is 4. The predicted octanol–water partition coefficient (Wildman–Crippen LogP) is 5.95. The highest BCUT2D eigenvalue weighted by Gasteiger charge is 2.50. The largest absolute Gasteiger partial charge is 0.394 e. The van der Waals surface area contributed by atoms with E-state index in [2.05, 4.69) is 45.1 Å². The molecule has 0 unspecified atom stereocenters. The highest BCUT2D eigenvalue weighted by Crippen LogP contribution is 2.59. The zero-order valence-corrected chi connectivity index (χ0v) is 22.8. The van der Waals surface area contributed by atoms with Gasteiger partial charge < -0.3 is 20.4 Å². The Morgan fingerprint density at radius 2 is 1.56 bits per heavy atom. The number of aliphatic hydroxyl groups excluding tert-OH is 3. The SMILES string of the molecule is CC(C)O.C[C@H](/C=C/[C@H](C)C(C)(C)O)[C@H]1CC[C@H]2/C(=C/C=C3C[C@@H](O)C[C@H](O)C3)CCC[C@]12C. The molecule has 3 saturated carbocycles. The summed E-state index contributed by atoms with van der Waals surface area (Å²) in [7, 11) is 0. The predicted molar refractivity (Wildman–Crippen MR) is 141 cm³/mol. The molecule has 4 nitrogen and oxygen atoms in total. The molecule has 0 spiro atoms. The van der Waals surface area contributed by atoms with Crippen molar-refractivity contribution in [1.82, 2.24) is 0 Å². The fourth-order valence-electron chi connectivity index (χ4n) is 6.39. The summed E-state index contributed by atoms with van der Waals surface area (Å²) in [5, 5.41) is 38.2. The van der Waals surface area contributed by atoms with Gasteiger partial charge in [-0.25, -0.2) is 0 Å². The minimum absolute atomic E-state index is 0.152. The summed E-state index contributed by atoms with van der Waals surface area (Å²) in [5.41, 5.74) is 2.43. The summed E-state index contributed by atoms with van der Waals surface area (Å²) in [6, 6.07) is 0. The van der Waals surface area contributed by atoms with E-state index in [-0.39, 0.29) is 12.0 Å². The van der Waals surface area contributed by atoms with E-state index in [0.29, 0.717) is 42.4 Å². The fraction of sp³-hybridized carbons (Fsp3) is 0.800. The Morgan fingerprint density at radius 3 is 2.12 bits per heavy atom. The second-order valence-electron chi connectivity index (χ2n) is 12.4. The van der Waals surface area contributed by atoms with Crippen molar-refractivity contribution < 1.29 is 20.4 Å². The van der Waals surface area contributed by atoms with Gasteiger partial charge in [0.1, 0.15) is 0 Å². The third-order valence-electron chi connectivity index (χ3n) is 8.56. The van der Waals surface area contributed by atoms with Crippen LogP contribution in [0, 0.1) is 29.1 Å². The lowest BCUT2D eigenvalue weighted by Gasteiger charge is -2.44. The molecule has 0 heterocycles. The normalized spacial score (nSPS) is 35.2. The lowest BCUT2D eigenvalue weighted by atomic mass is 9.61. The van der Waals surface area contributed by atoms with Crippen LogP contribution in [0.3, 0.4) is 0 Å². The van der Waals surface area contributed by atoms with Crippen LogP contribution in [0.25, 0.3) is 0 Å². The number of allylic oxidation sites excluding steroid dienone is 4. The molecule has 0 aromatic carbocycles. The number of fused-ring (bicyclic) bond motifs is 1. The van der Waals surface area contributed by atoms with Gasteiger partial charge >= 0.3 is 0 Å². The van der Waals surface area contributed by atoms with Crippen LogP contribution >= 0.6 is 0 Å². The first-order valence-corrected chi connectivity index (χ1v) is 13.6. The van der Waals surface area contributed by atoms with Gasteiger partial charge in [0.05, 0.1) is 17.8 Å². The van der Waals surface area contributed by atoms with E-state index in [9.17, 15) is 15.3 Å². The van der Waals surface area contributed by atoms with Gasteiger partial charge in [-0.2, -0.15) is 0 Å². The van der Waals surface area contributed by atoms with Gasteiger partial charge in [0, 0.05) is 12.0 Å². The smallest absolute Gasteiger partial charge is 0.0651 e. The second kappa shape index (κ2) is 12.3. The van der Waals surface area contributed by atoms with Gasteiger partial charge in [0.2, 0.25) is 0 Å². The van der Waals surface area contributed by atoms with Crippen LogP contribution in [-0.4, -0.2) is 44.3 Å². The van der Waals surface area contributed by atoms with Crippen LogP contribution in [-0.2, 0) is 0 Å². The van der Waals surface area contributed by atoms with Crippen LogP contribution < -0.4 is 0 Å². The summed E-state index contributed by atoms with van der Waals surface area (Å²) < 4.78 is 0. The molecule has 7 atom stereocenters. The molecule has 3 aliphatic carbocycles. The molecule has 0 aromatic heterocycles. The van der Waals surface area contributed by atoms with Crippen molar-refractivity contribution in [2.24, 2.45) is 29.1 Å². The maximum absolute atomic E-state index is 10.2. The monoisotopic (exact) mass is 476 g/mol. The molecule has 0 aliphatic heterocycles. The molecule has 0 radical (unpaired) electrons. The van der Waals surface area contributed by atoms with E-state index >= 15 is 0 Å². The zero-order chi connectivity index (χ0) is 25.7. The van der Waals surface area contributed by atoms with E-state index in [1.54, 1.807) is 19.4 Å². The fourth-order valence-corrected chi connectivity index (χ4v) is 6.39. The van der Waals surface area contributed by atoms with Crippen LogP contribution in [0.15, 0.2) is 35.5 Å². The summed E-state index contributed by atoms with van der Waals surface area (Å²) in [6.45, 7) is 14.2. The molecule has 3 fully saturated rings. The Morgan fingerprint density at radius 1 is 0.971 bits per heavy atom. The Balaban J connectivity index is 0.000000945. The molecule has 3 rings (SSSR count). The molecule has 4 heteroatoms. The van der Waals surface area contributed by atoms with Crippen LogP contribution in [0.5, 0.6) is 0 Å². The Bertz CT molecular complexity index is 714. The van der Waals surface area contributed by atoms with E-state index < -0.39 is 17.8 Å². The first kappa shape index (κ1) is 29.3. The van der Waals surface area contributed by atoms with Crippen molar-refractivity contribution >= 4 is 0 Å². The summed E-state index contributed by atoms with van der Waals surface area (Å²) >= 11 is 0. The molecular formula is C30H52O4. The van der Waals surface area contributed by atoms with Gasteiger partial charge in [-0.15, -0.1) is 0 Å². The standard InChI is InChI=1S/C27H44O3.C3H8O/c1-18(8-9-19(2)26(3,4)30)24-12-13-25-21(7-6-14-27(24,25)5)11-10-20-15-22(28)17-23(29)16-20;1-3(2)4/h8-11,18-19,22-25,28-30H,6-7,12-17H2,1-5H3;3-4H,1-2H3/b9-8+,21-11+;/t18-,19+,22-,23-,24-,25+,27-;/m1./s1. The molecule has 4 N–H and O–H groups in total. The molecule has 0 bridgehead atoms. The molecule has 3 aliphatic rings. The molecule has 0 amide bonds. The van der Waals surface area contributed by atoms with E-state index in [1.807, 2.05) is 13.8 Å². The third kappa shape index (κ3) is 8.05. The van der Waals surface area contributed by atoms with Crippen LogP contribution in [0.2, 0.25) is 0 Å². The van der Waals surface area contributed by atoms with Gasteiger partial charge in [-0.05, 0) is 102 Å². The highest BCUT2D eigenvalue weighted by molar-refractivity contribution is 5.26. The number of hydrogen-bond donors (Lipinski definition) is 4. The lowest BCUT2D eigenvalue weighted by molar-refractivity contribution is 0.0436. The van der Waals surface area contributed by atoms with Gasteiger partial charge in [-0.3, -0.25) is 0 Å². The van der Waals surface area contributed by atoms with Crippen molar-refractivity contribution in [3.05, 3.63) is 35.5 Å².